The van der Waals surface area contributed by atoms with Gasteiger partial charge in [-0.1, -0.05) is 66.2 Å². The Morgan fingerprint density at radius 2 is 1.85 bits per heavy atom. The van der Waals surface area contributed by atoms with E-state index in [2.05, 4.69) is 36.3 Å². The molecule has 2 aromatic carbocycles. The van der Waals surface area contributed by atoms with Gasteiger partial charge in [0.2, 0.25) is 5.91 Å². The van der Waals surface area contributed by atoms with Crippen molar-refractivity contribution in [3.63, 3.8) is 0 Å². The zero-order chi connectivity index (χ0) is 18.6. The van der Waals surface area contributed by atoms with E-state index in [1.807, 2.05) is 35.2 Å². The molecule has 4 heteroatoms. The Morgan fingerprint density at radius 1 is 1.11 bits per heavy atom. The summed E-state index contributed by atoms with van der Waals surface area (Å²) >= 11 is 0. The Bertz CT molecular complexity index is 827. The third-order valence-corrected chi connectivity index (χ3v) is 5.60. The predicted molar refractivity (Wildman–Crippen MR) is 106 cm³/mol. The van der Waals surface area contributed by atoms with Crippen molar-refractivity contribution in [1.29, 1.82) is 0 Å². The third-order valence-electron chi connectivity index (χ3n) is 5.60. The van der Waals surface area contributed by atoms with Crippen LogP contribution in [-0.4, -0.2) is 29.2 Å². The Balaban J connectivity index is 1.44. The fraction of sp³-hybridized carbons (Fsp3) is 0.391. The maximum absolute atomic E-state index is 13.0. The second-order valence-corrected chi connectivity index (χ2v) is 7.62. The molecule has 1 atom stereocenters. The molecule has 0 aromatic heterocycles. The average molecular weight is 362 g/mol. The Hall–Kier alpha value is -2.62. The maximum atomic E-state index is 13.0. The van der Waals surface area contributed by atoms with Crippen molar-refractivity contribution >= 4 is 11.6 Å². The van der Waals surface area contributed by atoms with Crippen LogP contribution in [0.4, 0.5) is 0 Å². The number of nitrogens with zero attached hydrogens (tertiary/aromatic N) is 2. The molecule has 1 heterocycles. The van der Waals surface area contributed by atoms with E-state index in [1.54, 1.807) is 0 Å². The van der Waals surface area contributed by atoms with Gasteiger partial charge in [0.25, 0.3) is 0 Å². The number of rotatable bonds is 6. The van der Waals surface area contributed by atoms with Crippen molar-refractivity contribution in [2.45, 2.75) is 45.3 Å². The fourth-order valence-electron chi connectivity index (χ4n) is 3.78. The number of amides is 1. The molecule has 0 saturated heterocycles. The molecule has 1 aliphatic carbocycles. The number of aryl methyl sites for hydroxylation is 1. The van der Waals surface area contributed by atoms with Crippen LogP contribution in [-0.2, 0) is 16.2 Å². The van der Waals surface area contributed by atoms with E-state index in [4.69, 9.17) is 4.84 Å². The quantitative estimate of drug-likeness (QED) is 0.768. The van der Waals surface area contributed by atoms with Crippen LogP contribution in [0.3, 0.4) is 0 Å². The number of carbonyl (C=O) groups is 1. The Labute approximate surface area is 160 Å². The summed E-state index contributed by atoms with van der Waals surface area (Å²) in [5.74, 6) is 0.449. The zero-order valence-electron chi connectivity index (χ0n) is 15.8. The molecule has 0 N–H and O–H groups in total. The fourth-order valence-corrected chi connectivity index (χ4v) is 3.78. The molecule has 4 nitrogen and oxygen atoms in total. The standard InChI is InChI=1S/C23H26N2O2/c1-17-8-5-6-13-21(17)22-14-20(27-24-22)16-25(23(26)19-11-7-12-19)15-18-9-3-2-4-10-18/h2-6,8-10,13,19-20H,7,11-12,14-16H2,1H3. The van der Waals surface area contributed by atoms with Gasteiger partial charge in [0.05, 0.1) is 12.3 Å². The predicted octanol–water partition coefficient (Wildman–Crippen LogP) is 4.32. The first-order chi connectivity index (χ1) is 13.2. The average Bonchev–Trinajstić information content (AvgIpc) is 3.09. The largest absolute Gasteiger partial charge is 0.390 e. The molecule has 27 heavy (non-hydrogen) atoms. The highest BCUT2D eigenvalue weighted by molar-refractivity contribution is 6.02. The topological polar surface area (TPSA) is 41.9 Å². The first kappa shape index (κ1) is 17.8. The van der Waals surface area contributed by atoms with Crippen molar-refractivity contribution in [1.82, 2.24) is 4.90 Å². The molecule has 0 bridgehead atoms. The van der Waals surface area contributed by atoms with Crippen molar-refractivity contribution < 1.29 is 9.63 Å². The molecule has 0 radical (unpaired) electrons. The van der Waals surface area contributed by atoms with Crippen LogP contribution >= 0.6 is 0 Å². The summed E-state index contributed by atoms with van der Waals surface area (Å²) in [5, 5.41) is 4.33. The number of oxime groups is 1. The molecule has 4 rings (SSSR count). The lowest BCUT2D eigenvalue weighted by Crippen LogP contribution is -2.42. The van der Waals surface area contributed by atoms with Crippen LogP contribution in [0, 0.1) is 12.8 Å². The van der Waals surface area contributed by atoms with Crippen molar-refractivity contribution in [3.05, 3.63) is 71.3 Å². The van der Waals surface area contributed by atoms with Crippen LogP contribution in [0.2, 0.25) is 0 Å². The van der Waals surface area contributed by atoms with Gasteiger partial charge in [-0.3, -0.25) is 4.79 Å². The van der Waals surface area contributed by atoms with E-state index in [0.717, 1.165) is 42.5 Å². The highest BCUT2D eigenvalue weighted by Gasteiger charge is 2.33. The molecular formula is C23H26N2O2. The number of benzene rings is 2. The summed E-state index contributed by atoms with van der Waals surface area (Å²) in [4.78, 5) is 20.6. The summed E-state index contributed by atoms with van der Waals surface area (Å²) in [7, 11) is 0. The Morgan fingerprint density at radius 3 is 2.56 bits per heavy atom. The minimum atomic E-state index is -0.0765. The lowest BCUT2D eigenvalue weighted by atomic mass is 9.84. The van der Waals surface area contributed by atoms with Gasteiger partial charge >= 0.3 is 0 Å². The van der Waals surface area contributed by atoms with E-state index in [0.29, 0.717) is 13.1 Å². The van der Waals surface area contributed by atoms with Gasteiger partial charge < -0.3 is 9.74 Å². The van der Waals surface area contributed by atoms with Gasteiger partial charge in [0.15, 0.2) is 6.10 Å². The first-order valence-electron chi connectivity index (χ1n) is 9.82. The van der Waals surface area contributed by atoms with Crippen LogP contribution in [0.25, 0.3) is 0 Å². The summed E-state index contributed by atoms with van der Waals surface area (Å²) < 4.78 is 0. The summed E-state index contributed by atoms with van der Waals surface area (Å²) in [6.45, 7) is 3.31. The van der Waals surface area contributed by atoms with Gasteiger partial charge in [-0.15, -0.1) is 0 Å². The van der Waals surface area contributed by atoms with E-state index in [1.165, 1.54) is 5.56 Å². The molecule has 0 spiro atoms. The minimum absolute atomic E-state index is 0.0765. The summed E-state index contributed by atoms with van der Waals surface area (Å²) in [5.41, 5.74) is 4.48. The summed E-state index contributed by atoms with van der Waals surface area (Å²) in [6.07, 6.45) is 3.86. The number of hydrogen-bond donors (Lipinski definition) is 0. The van der Waals surface area contributed by atoms with Crippen molar-refractivity contribution in [3.8, 4) is 0 Å². The molecule has 1 amide bonds. The number of carbonyl (C=O) groups excluding carboxylic acids is 1. The molecule has 2 aromatic rings. The number of hydrogen-bond acceptors (Lipinski definition) is 3. The smallest absolute Gasteiger partial charge is 0.226 e. The maximum Gasteiger partial charge on any atom is 0.226 e. The summed E-state index contributed by atoms with van der Waals surface area (Å²) in [6, 6.07) is 18.4. The zero-order valence-corrected chi connectivity index (χ0v) is 15.8. The van der Waals surface area contributed by atoms with Crippen LogP contribution < -0.4 is 0 Å². The van der Waals surface area contributed by atoms with E-state index in [9.17, 15) is 4.79 Å². The van der Waals surface area contributed by atoms with Crippen molar-refractivity contribution in [2.24, 2.45) is 11.1 Å². The van der Waals surface area contributed by atoms with Gasteiger partial charge in [-0.2, -0.15) is 0 Å². The van der Waals surface area contributed by atoms with E-state index in [-0.39, 0.29) is 17.9 Å². The lowest BCUT2D eigenvalue weighted by Gasteiger charge is -2.32. The molecular weight excluding hydrogens is 336 g/mol. The van der Waals surface area contributed by atoms with Crippen molar-refractivity contribution in [2.75, 3.05) is 6.54 Å². The van der Waals surface area contributed by atoms with Gasteiger partial charge in [-0.25, -0.2) is 0 Å². The van der Waals surface area contributed by atoms with Crippen LogP contribution in [0.5, 0.6) is 0 Å². The van der Waals surface area contributed by atoms with Gasteiger partial charge in [0.1, 0.15) is 0 Å². The highest BCUT2D eigenvalue weighted by atomic mass is 16.6. The SMILES string of the molecule is Cc1ccccc1C1=NOC(CN(Cc2ccccc2)C(=O)C2CCC2)C1. The van der Waals surface area contributed by atoms with Crippen LogP contribution in [0.1, 0.15) is 42.4 Å². The molecule has 1 aliphatic heterocycles. The molecule has 1 unspecified atom stereocenters. The second kappa shape index (κ2) is 7.95. The lowest BCUT2D eigenvalue weighted by molar-refractivity contribution is -0.140. The first-order valence-corrected chi connectivity index (χ1v) is 9.82. The third kappa shape index (κ3) is 4.05. The van der Waals surface area contributed by atoms with E-state index < -0.39 is 0 Å². The Kier molecular flexibility index (Phi) is 5.23. The molecule has 140 valence electrons. The monoisotopic (exact) mass is 362 g/mol. The molecule has 2 aliphatic rings. The minimum Gasteiger partial charge on any atom is -0.390 e. The highest BCUT2D eigenvalue weighted by Crippen LogP contribution is 2.29. The van der Waals surface area contributed by atoms with Gasteiger partial charge in [0, 0.05) is 24.4 Å². The molecule has 1 fully saturated rings. The van der Waals surface area contributed by atoms with Crippen LogP contribution in [0.15, 0.2) is 59.8 Å². The second-order valence-electron chi connectivity index (χ2n) is 7.62. The molecule has 1 saturated carbocycles. The van der Waals surface area contributed by atoms with E-state index >= 15 is 0 Å². The normalized spacial score (nSPS) is 19.1. The van der Waals surface area contributed by atoms with Gasteiger partial charge in [-0.05, 0) is 30.9 Å².